The highest BCUT2D eigenvalue weighted by molar-refractivity contribution is 5.95. The van der Waals surface area contributed by atoms with Gasteiger partial charge in [0.25, 0.3) is 0 Å². The normalized spacial score (nSPS) is 11.0. The molecule has 186 valence electrons. The Bertz CT molecular complexity index is 1550. The molecular formula is C31H30FN5. The molecule has 0 saturated heterocycles. The minimum absolute atomic E-state index is 0.237. The summed E-state index contributed by atoms with van der Waals surface area (Å²) in [6.45, 7) is 6.22. The highest BCUT2D eigenvalue weighted by atomic mass is 19.1. The second-order valence-electron chi connectivity index (χ2n) is 9.13. The lowest BCUT2D eigenvalue weighted by Crippen LogP contribution is -2.02. The van der Waals surface area contributed by atoms with Crippen molar-refractivity contribution in [1.29, 1.82) is 0 Å². The largest absolute Gasteiger partial charge is 0.387 e. The van der Waals surface area contributed by atoms with Crippen molar-refractivity contribution in [2.45, 2.75) is 26.2 Å². The topological polar surface area (TPSA) is 65.6 Å². The molecule has 0 saturated carbocycles. The number of nitrogens with one attached hydrogen (secondary N) is 3. The minimum atomic E-state index is -0.237. The number of fused-ring (bicyclic) bond motifs is 1. The summed E-state index contributed by atoms with van der Waals surface area (Å²) in [5.74, 6) is -0.237. The highest BCUT2D eigenvalue weighted by Crippen LogP contribution is 2.31. The quantitative estimate of drug-likeness (QED) is 0.197. The number of benzene rings is 2. The number of rotatable bonds is 9. The van der Waals surface area contributed by atoms with Crippen LogP contribution in [-0.2, 0) is 6.42 Å². The van der Waals surface area contributed by atoms with Gasteiger partial charge in [-0.05, 0) is 60.0 Å². The van der Waals surface area contributed by atoms with Gasteiger partial charge in [0.15, 0.2) is 0 Å². The van der Waals surface area contributed by atoms with Crippen LogP contribution in [0.3, 0.4) is 0 Å². The number of hydrogen-bond acceptors (Lipinski definition) is 4. The van der Waals surface area contributed by atoms with Crippen LogP contribution in [0.2, 0.25) is 0 Å². The van der Waals surface area contributed by atoms with E-state index < -0.39 is 0 Å². The van der Waals surface area contributed by atoms with Gasteiger partial charge in [0.05, 0.1) is 29.0 Å². The summed E-state index contributed by atoms with van der Waals surface area (Å²) in [5, 5.41) is 7.71. The third-order valence-corrected chi connectivity index (χ3v) is 6.38. The van der Waals surface area contributed by atoms with Gasteiger partial charge in [-0.1, -0.05) is 44.2 Å². The van der Waals surface area contributed by atoms with E-state index in [0.717, 1.165) is 74.6 Å². The summed E-state index contributed by atoms with van der Waals surface area (Å²) < 4.78 is 13.5. The van der Waals surface area contributed by atoms with Gasteiger partial charge in [0.1, 0.15) is 5.82 Å². The first kappa shape index (κ1) is 24.3. The molecule has 0 unspecified atom stereocenters. The lowest BCUT2D eigenvalue weighted by atomic mass is 10.0. The molecule has 0 amide bonds. The lowest BCUT2D eigenvalue weighted by Gasteiger charge is -2.12. The van der Waals surface area contributed by atoms with Gasteiger partial charge in [-0.2, -0.15) is 0 Å². The Hall–Kier alpha value is -4.45. The Morgan fingerprint density at radius 3 is 2.62 bits per heavy atom. The zero-order valence-corrected chi connectivity index (χ0v) is 21.1. The van der Waals surface area contributed by atoms with E-state index in [4.69, 9.17) is 4.98 Å². The van der Waals surface area contributed by atoms with Crippen molar-refractivity contribution in [3.63, 3.8) is 0 Å². The molecule has 0 radical (unpaired) electrons. The Balaban J connectivity index is 1.46. The molecule has 3 heterocycles. The molecular weight excluding hydrogens is 461 g/mol. The summed E-state index contributed by atoms with van der Waals surface area (Å²) >= 11 is 0. The van der Waals surface area contributed by atoms with E-state index in [0.29, 0.717) is 6.42 Å². The average Bonchev–Trinajstić information content (AvgIpc) is 3.32. The zero-order chi connectivity index (χ0) is 25.8. The predicted molar refractivity (Wildman–Crippen MR) is 151 cm³/mol. The maximum Gasteiger partial charge on any atom is 0.123 e. The van der Waals surface area contributed by atoms with E-state index in [1.807, 2.05) is 37.5 Å². The molecule has 0 aliphatic rings. The number of allylic oxidation sites excluding steroid dienone is 1. The van der Waals surface area contributed by atoms with Crippen molar-refractivity contribution >= 4 is 22.3 Å². The summed E-state index contributed by atoms with van der Waals surface area (Å²) in [7, 11) is 1.91. The highest BCUT2D eigenvalue weighted by Gasteiger charge is 2.12. The van der Waals surface area contributed by atoms with Crippen molar-refractivity contribution in [3.05, 3.63) is 109 Å². The molecule has 0 bridgehead atoms. The van der Waals surface area contributed by atoms with E-state index in [1.165, 1.54) is 12.1 Å². The number of pyridine rings is 2. The maximum atomic E-state index is 13.5. The fourth-order valence-electron chi connectivity index (χ4n) is 4.61. The van der Waals surface area contributed by atoms with Crippen LogP contribution in [0, 0.1) is 5.82 Å². The van der Waals surface area contributed by atoms with Gasteiger partial charge in [0, 0.05) is 47.5 Å². The standard InChI is InChI=1S/C31H30FN5/c1-4-6-20(2)35-25-15-22(18-34-19-25)28-13-14-30(33-3)31(37-28)17-24-16-27-26(7-5-8-29(27)36-24)21-9-11-23(32)12-10-21/h5,7-16,18-19,33,35-36H,2,4,6,17H2,1,3H3. The van der Waals surface area contributed by atoms with Crippen LogP contribution in [0.4, 0.5) is 15.8 Å². The SMILES string of the molecule is C=C(CCC)Nc1cncc(-c2ccc(NC)c(Cc3cc4c(-c5ccc(F)cc5)cccc4[nH]3)n2)c1. The first-order valence-corrected chi connectivity index (χ1v) is 12.5. The predicted octanol–water partition coefficient (Wildman–Crippen LogP) is 7.79. The second-order valence-corrected chi connectivity index (χ2v) is 9.13. The second kappa shape index (κ2) is 10.7. The molecule has 5 rings (SSSR count). The fraction of sp³-hybridized carbons (Fsp3) is 0.161. The molecule has 5 aromatic rings. The molecule has 0 aliphatic carbocycles. The smallest absolute Gasteiger partial charge is 0.123 e. The number of halogens is 1. The molecule has 0 spiro atoms. The Labute approximate surface area is 216 Å². The third-order valence-electron chi connectivity index (χ3n) is 6.38. The van der Waals surface area contributed by atoms with Crippen molar-refractivity contribution in [2.75, 3.05) is 17.7 Å². The fourth-order valence-corrected chi connectivity index (χ4v) is 4.61. The van der Waals surface area contributed by atoms with Crippen molar-refractivity contribution in [1.82, 2.24) is 15.0 Å². The third kappa shape index (κ3) is 5.38. The van der Waals surface area contributed by atoms with E-state index in [9.17, 15) is 4.39 Å². The average molecular weight is 492 g/mol. The van der Waals surface area contributed by atoms with Gasteiger partial charge >= 0.3 is 0 Å². The van der Waals surface area contributed by atoms with Crippen LogP contribution in [0.15, 0.2) is 91.4 Å². The van der Waals surface area contributed by atoms with E-state index in [1.54, 1.807) is 6.20 Å². The van der Waals surface area contributed by atoms with Gasteiger partial charge in [-0.25, -0.2) is 4.39 Å². The van der Waals surface area contributed by atoms with Gasteiger partial charge in [-0.15, -0.1) is 0 Å². The van der Waals surface area contributed by atoms with E-state index in [-0.39, 0.29) is 5.82 Å². The van der Waals surface area contributed by atoms with Crippen molar-refractivity contribution in [2.24, 2.45) is 0 Å². The number of H-pyrrole nitrogens is 1. The first-order chi connectivity index (χ1) is 18.0. The number of aromatic amines is 1. The molecule has 0 fully saturated rings. The summed E-state index contributed by atoms with van der Waals surface area (Å²) in [6, 6.07) is 21.0. The molecule has 37 heavy (non-hydrogen) atoms. The zero-order valence-electron chi connectivity index (χ0n) is 21.1. The number of aromatic nitrogens is 3. The number of nitrogens with zero attached hydrogens (tertiary/aromatic N) is 2. The van der Waals surface area contributed by atoms with Crippen molar-refractivity contribution < 1.29 is 4.39 Å². The van der Waals surface area contributed by atoms with E-state index >= 15 is 0 Å². The van der Waals surface area contributed by atoms with Crippen molar-refractivity contribution in [3.8, 4) is 22.4 Å². The molecule has 3 aromatic heterocycles. The summed E-state index contributed by atoms with van der Waals surface area (Å²) in [5.41, 5.74) is 9.71. The Kier molecular flexibility index (Phi) is 6.99. The number of anilines is 2. The van der Waals surface area contributed by atoms with Crippen LogP contribution in [-0.4, -0.2) is 22.0 Å². The molecule has 3 N–H and O–H groups in total. The summed E-state index contributed by atoms with van der Waals surface area (Å²) in [6.07, 6.45) is 6.21. The summed E-state index contributed by atoms with van der Waals surface area (Å²) in [4.78, 5) is 13.0. The van der Waals surface area contributed by atoms with Crippen LogP contribution < -0.4 is 10.6 Å². The molecule has 0 atom stereocenters. The minimum Gasteiger partial charge on any atom is -0.387 e. The first-order valence-electron chi connectivity index (χ1n) is 12.5. The van der Waals surface area contributed by atoms with Gasteiger partial charge in [-0.3, -0.25) is 9.97 Å². The van der Waals surface area contributed by atoms with Crippen LogP contribution in [0.5, 0.6) is 0 Å². The molecule has 6 heteroatoms. The van der Waals surface area contributed by atoms with Gasteiger partial charge < -0.3 is 15.6 Å². The monoisotopic (exact) mass is 491 g/mol. The van der Waals surface area contributed by atoms with E-state index in [2.05, 4.69) is 64.4 Å². The lowest BCUT2D eigenvalue weighted by molar-refractivity contribution is 0.628. The maximum absolute atomic E-state index is 13.5. The Morgan fingerprint density at radius 2 is 1.84 bits per heavy atom. The molecule has 5 nitrogen and oxygen atoms in total. The van der Waals surface area contributed by atoms with Gasteiger partial charge in [0.2, 0.25) is 0 Å². The number of hydrogen-bond donors (Lipinski definition) is 3. The van der Waals surface area contributed by atoms with Crippen LogP contribution >= 0.6 is 0 Å². The van der Waals surface area contributed by atoms with Crippen LogP contribution in [0.1, 0.15) is 31.2 Å². The molecule has 2 aromatic carbocycles. The molecule has 0 aliphatic heterocycles. The Morgan fingerprint density at radius 1 is 1.00 bits per heavy atom. The van der Waals surface area contributed by atoms with Crippen LogP contribution in [0.25, 0.3) is 33.3 Å².